The van der Waals surface area contributed by atoms with Crippen LogP contribution in [-0.4, -0.2) is 91.9 Å². The first-order valence-electron chi connectivity index (χ1n) is 18.0. The lowest BCUT2D eigenvalue weighted by molar-refractivity contribution is -0.140. The van der Waals surface area contributed by atoms with E-state index in [1.54, 1.807) is 57.2 Å². The predicted molar refractivity (Wildman–Crippen MR) is 196 cm³/mol. The molecule has 54 heavy (non-hydrogen) atoms. The van der Waals surface area contributed by atoms with E-state index in [-0.39, 0.29) is 43.6 Å². The summed E-state index contributed by atoms with van der Waals surface area (Å²) in [5.41, 5.74) is 5.05. The smallest absolute Gasteiger partial charge is 0.408 e. The van der Waals surface area contributed by atoms with E-state index in [1.165, 1.54) is 4.90 Å². The summed E-state index contributed by atoms with van der Waals surface area (Å²) in [6.45, 7) is 4.85. The van der Waals surface area contributed by atoms with Crippen molar-refractivity contribution in [3.8, 4) is 11.5 Å². The monoisotopic (exact) mass is 768 g/mol. The number of ether oxygens (including phenoxy) is 4. The fourth-order valence-electron chi connectivity index (χ4n) is 5.91. The second kappa shape index (κ2) is 17.5. The summed E-state index contributed by atoms with van der Waals surface area (Å²) in [5.74, 6) is -1.82. The van der Waals surface area contributed by atoms with E-state index >= 15 is 0 Å². The molecule has 15 nitrogen and oxygen atoms in total. The van der Waals surface area contributed by atoms with Crippen LogP contribution in [0.1, 0.15) is 69.7 Å². The highest BCUT2D eigenvalue weighted by Crippen LogP contribution is 2.40. The van der Waals surface area contributed by atoms with Crippen LogP contribution in [0.5, 0.6) is 11.5 Å². The maximum absolute atomic E-state index is 13.8. The maximum Gasteiger partial charge on any atom is 0.408 e. The highest BCUT2D eigenvalue weighted by Gasteiger charge is 2.45. The van der Waals surface area contributed by atoms with E-state index in [2.05, 4.69) is 10.0 Å². The Hall–Kier alpha value is -4.96. The molecule has 292 valence electrons. The van der Waals surface area contributed by atoms with Crippen molar-refractivity contribution in [1.29, 1.82) is 0 Å². The number of nitrogens with two attached hydrogens (primary N) is 1. The fraction of sp³-hybridized carbons (Fsp3) is 0.500. The quantitative estimate of drug-likeness (QED) is 0.120. The first-order chi connectivity index (χ1) is 25.6. The van der Waals surface area contributed by atoms with Gasteiger partial charge in [0.15, 0.2) is 0 Å². The Kier molecular flexibility index (Phi) is 13.0. The second-order valence-electron chi connectivity index (χ2n) is 14.7. The van der Waals surface area contributed by atoms with Crippen molar-refractivity contribution in [2.24, 2.45) is 17.6 Å². The molecule has 0 aromatic heterocycles. The number of allylic oxidation sites excluding steroid dienone is 2. The van der Waals surface area contributed by atoms with Gasteiger partial charge in [-0.2, -0.15) is 0 Å². The van der Waals surface area contributed by atoms with Crippen LogP contribution in [0.4, 0.5) is 4.79 Å². The van der Waals surface area contributed by atoms with Gasteiger partial charge in [-0.05, 0) is 95.2 Å². The molecule has 0 unspecified atom stereocenters. The van der Waals surface area contributed by atoms with E-state index < -0.39 is 68.8 Å². The van der Waals surface area contributed by atoms with Crippen molar-refractivity contribution in [3.63, 3.8) is 0 Å². The minimum absolute atomic E-state index is 0.0257. The lowest BCUT2D eigenvalue weighted by Gasteiger charge is -2.28. The van der Waals surface area contributed by atoms with Gasteiger partial charge in [0.05, 0.1) is 24.0 Å². The average Bonchev–Trinajstić information content (AvgIpc) is 4.04. The van der Waals surface area contributed by atoms with Crippen molar-refractivity contribution in [2.75, 3.05) is 19.8 Å². The number of hydrogen-bond acceptors (Lipinski definition) is 11. The number of sulfonamides is 1. The van der Waals surface area contributed by atoms with Crippen LogP contribution >= 0.6 is 0 Å². The molecule has 1 aliphatic heterocycles. The molecule has 16 heteroatoms. The Morgan fingerprint density at radius 1 is 0.981 bits per heavy atom. The normalized spacial score (nSPS) is 21.6. The molecule has 2 aliphatic carbocycles. The molecule has 0 radical (unpaired) electrons. The number of para-hydroxylation sites is 1. The summed E-state index contributed by atoms with van der Waals surface area (Å²) in [6, 6.07) is 13.1. The van der Waals surface area contributed by atoms with Crippen LogP contribution < -0.4 is 20.5 Å². The number of alkyl carbamates (subject to hydrolysis) is 1. The van der Waals surface area contributed by atoms with Crippen LogP contribution in [0.3, 0.4) is 0 Å². The van der Waals surface area contributed by atoms with E-state index in [4.69, 9.17) is 24.7 Å². The number of benzene rings is 2. The van der Waals surface area contributed by atoms with Crippen molar-refractivity contribution >= 4 is 39.8 Å². The van der Waals surface area contributed by atoms with Crippen molar-refractivity contribution in [3.05, 3.63) is 72.3 Å². The minimum atomic E-state index is -3.57. The van der Waals surface area contributed by atoms with Gasteiger partial charge in [0, 0.05) is 18.9 Å². The first kappa shape index (κ1) is 40.2. The Morgan fingerprint density at radius 2 is 1.67 bits per heavy atom. The molecule has 3 fully saturated rings. The topological polar surface area (TPSA) is 210 Å². The lowest BCUT2D eigenvalue weighted by atomic mass is 10.1. The third kappa shape index (κ3) is 11.8. The first-order valence-corrected chi connectivity index (χ1v) is 19.6. The number of nitrogens with zero attached hydrogens (tertiary/aromatic N) is 1. The van der Waals surface area contributed by atoms with Crippen LogP contribution in [0.2, 0.25) is 0 Å². The van der Waals surface area contributed by atoms with Crippen molar-refractivity contribution < 1.29 is 51.3 Å². The van der Waals surface area contributed by atoms with Gasteiger partial charge in [-0.25, -0.2) is 18.0 Å². The third-order valence-electron chi connectivity index (χ3n) is 8.92. The molecule has 2 saturated carbocycles. The second-order valence-corrected chi connectivity index (χ2v) is 16.6. The van der Waals surface area contributed by atoms with Gasteiger partial charge in [-0.1, -0.05) is 30.4 Å². The highest BCUT2D eigenvalue weighted by molar-refractivity contribution is 7.90. The van der Waals surface area contributed by atoms with Crippen LogP contribution in [-0.2, 0) is 38.6 Å². The number of unbranched alkanes of at least 4 members (excludes halogenated alkanes) is 1. The molecule has 2 aromatic rings. The molecular weight excluding hydrogens is 721 g/mol. The summed E-state index contributed by atoms with van der Waals surface area (Å²) in [5, 5.41) is 2.08. The van der Waals surface area contributed by atoms with Gasteiger partial charge in [-0.3, -0.25) is 19.1 Å². The van der Waals surface area contributed by atoms with Gasteiger partial charge < -0.3 is 34.9 Å². The number of rotatable bonds is 17. The molecule has 1 saturated heterocycles. The number of carbonyl (C=O) groups is 5. The number of amides is 4. The molecule has 0 spiro atoms. The molecule has 0 bridgehead atoms. The highest BCUT2D eigenvalue weighted by atomic mass is 32.2. The van der Waals surface area contributed by atoms with Crippen molar-refractivity contribution in [2.45, 2.75) is 88.3 Å². The summed E-state index contributed by atoms with van der Waals surface area (Å²) in [4.78, 5) is 65.5. The van der Waals surface area contributed by atoms with Crippen LogP contribution in [0, 0.1) is 11.8 Å². The fourth-order valence-corrected chi connectivity index (χ4v) is 7.26. The van der Waals surface area contributed by atoms with Crippen LogP contribution in [0.15, 0.2) is 66.7 Å². The zero-order valence-electron chi connectivity index (χ0n) is 30.6. The maximum atomic E-state index is 13.8. The van der Waals surface area contributed by atoms with Gasteiger partial charge >= 0.3 is 12.1 Å². The van der Waals surface area contributed by atoms with E-state index in [0.717, 1.165) is 0 Å². The van der Waals surface area contributed by atoms with Gasteiger partial charge in [0.25, 0.3) is 0 Å². The molecule has 5 atom stereocenters. The summed E-state index contributed by atoms with van der Waals surface area (Å²) in [6.07, 6.45) is 4.92. The number of carbonyl (C=O) groups excluding carboxylic acids is 5. The predicted octanol–water partition coefficient (Wildman–Crippen LogP) is 3.58. The molecule has 4 N–H and O–H groups in total. The number of nitrogens with one attached hydrogen (secondary N) is 2. The Bertz CT molecular complexity index is 1810. The Balaban J connectivity index is 1.12. The number of esters is 1. The van der Waals surface area contributed by atoms with Crippen LogP contribution in [0.25, 0.3) is 0 Å². The van der Waals surface area contributed by atoms with E-state index in [9.17, 15) is 32.4 Å². The molecule has 1 heterocycles. The molecular formula is C38H48N4O11S. The Morgan fingerprint density at radius 3 is 2.31 bits per heavy atom. The third-order valence-corrected chi connectivity index (χ3v) is 10.8. The SMILES string of the molecule is CC(C)(C)OC(=O)N[C@@H](COCCC/C=C\[C@@H]1C[C@@H]1C(=O)NS(=O)(=O)C1CC1)C(=O)N1C[C@H](OC(=O)c2ccc(Oc3ccccc3)cc2)C[C@H]1C(N)=O. The summed E-state index contributed by atoms with van der Waals surface area (Å²) >= 11 is 0. The van der Waals surface area contributed by atoms with Crippen molar-refractivity contribution in [1.82, 2.24) is 14.9 Å². The molecule has 5 rings (SSSR count). The van der Waals surface area contributed by atoms with Gasteiger partial charge in [-0.15, -0.1) is 0 Å². The number of primary amides is 1. The summed E-state index contributed by atoms with van der Waals surface area (Å²) in [7, 11) is -3.57. The summed E-state index contributed by atoms with van der Waals surface area (Å²) < 4.78 is 48.8. The standard InChI is InChI=1S/C38H48N4O11S/c1-38(2,3)53-37(47)40-31(23-50-19-9-5-6-10-25-20-30(25)34(44)41-54(48,49)29-17-18-29)35(45)42-22-28(21-32(42)33(39)43)52-36(46)24-13-15-27(16-14-24)51-26-11-7-4-8-12-26/h4,6-8,10-16,25,28-32H,5,9,17-23H2,1-3H3,(H2,39,43)(H,40,47)(H,41,44)/b10-6-/t25-,28-,30+,31+,32+/m1/s1. The molecule has 2 aromatic carbocycles. The molecule has 3 aliphatic rings. The van der Waals surface area contributed by atoms with Gasteiger partial charge in [0.2, 0.25) is 27.7 Å². The minimum Gasteiger partial charge on any atom is -0.457 e. The van der Waals surface area contributed by atoms with E-state index in [1.807, 2.05) is 30.4 Å². The number of hydrogen-bond donors (Lipinski definition) is 3. The van der Waals surface area contributed by atoms with Gasteiger partial charge in [0.1, 0.15) is 35.3 Å². The van der Waals surface area contributed by atoms with E-state index in [0.29, 0.717) is 43.6 Å². The zero-order valence-corrected chi connectivity index (χ0v) is 31.4. The lowest BCUT2D eigenvalue weighted by Crippen LogP contribution is -2.55. The Labute approximate surface area is 314 Å². The average molecular weight is 769 g/mol. The molecule has 4 amide bonds. The number of likely N-dealkylation sites (tertiary alicyclic amines) is 1. The zero-order chi connectivity index (χ0) is 39.0. The largest absolute Gasteiger partial charge is 0.457 e.